The highest BCUT2D eigenvalue weighted by Crippen LogP contribution is 2.14. The molecule has 3 aromatic rings. The monoisotopic (exact) mass is 415 g/mol. The molecule has 0 fully saturated rings. The van der Waals surface area contributed by atoms with Crippen LogP contribution in [0.1, 0.15) is 32.6 Å². The number of aryl methyl sites for hydroxylation is 2. The molecule has 2 amide bonds. The molecule has 0 bridgehead atoms. The van der Waals surface area contributed by atoms with Crippen molar-refractivity contribution in [3.8, 4) is 5.75 Å². The van der Waals surface area contributed by atoms with Crippen molar-refractivity contribution in [3.63, 3.8) is 0 Å². The minimum Gasteiger partial charge on any atom is -0.489 e. The van der Waals surface area contributed by atoms with Crippen LogP contribution >= 0.6 is 0 Å². The smallest absolute Gasteiger partial charge is 0.259 e. The van der Waals surface area contributed by atoms with Gasteiger partial charge in [-0.3, -0.25) is 9.59 Å². The Morgan fingerprint density at radius 3 is 2.39 bits per heavy atom. The molecule has 3 rings (SSSR count). The van der Waals surface area contributed by atoms with Crippen molar-refractivity contribution < 1.29 is 14.3 Å². The molecule has 0 aromatic heterocycles. The van der Waals surface area contributed by atoms with Gasteiger partial charge < -0.3 is 10.1 Å². The highest BCUT2D eigenvalue weighted by molar-refractivity contribution is 5.96. The number of carbonyl (C=O) groups excluding carboxylic acids is 2. The lowest BCUT2D eigenvalue weighted by Crippen LogP contribution is -2.34. The summed E-state index contributed by atoms with van der Waals surface area (Å²) in [5.74, 6) is 0.0416. The van der Waals surface area contributed by atoms with Crippen LogP contribution in [-0.2, 0) is 11.4 Å². The summed E-state index contributed by atoms with van der Waals surface area (Å²) in [7, 11) is 0. The summed E-state index contributed by atoms with van der Waals surface area (Å²) in [6, 6.07) is 22.8. The van der Waals surface area contributed by atoms with Gasteiger partial charge in [0.2, 0.25) is 0 Å². The third-order valence-electron chi connectivity index (χ3n) is 4.50. The average Bonchev–Trinajstić information content (AvgIpc) is 2.78. The van der Waals surface area contributed by atoms with Crippen LogP contribution in [0.25, 0.3) is 0 Å². The van der Waals surface area contributed by atoms with Gasteiger partial charge in [0.05, 0.1) is 12.8 Å². The third kappa shape index (κ3) is 7.12. The average molecular weight is 415 g/mol. The van der Waals surface area contributed by atoms with Crippen molar-refractivity contribution in [2.45, 2.75) is 20.5 Å². The van der Waals surface area contributed by atoms with Gasteiger partial charge >= 0.3 is 0 Å². The largest absolute Gasteiger partial charge is 0.489 e. The second-order valence-corrected chi connectivity index (χ2v) is 7.19. The molecular formula is C25H25N3O3. The highest BCUT2D eigenvalue weighted by Gasteiger charge is 2.07. The first-order valence-electron chi connectivity index (χ1n) is 9.95. The Balaban J connectivity index is 1.41. The first-order chi connectivity index (χ1) is 15.0. The number of rotatable bonds is 8. The summed E-state index contributed by atoms with van der Waals surface area (Å²) in [5.41, 5.74) is 7.03. The van der Waals surface area contributed by atoms with Crippen molar-refractivity contribution in [2.75, 3.05) is 6.54 Å². The van der Waals surface area contributed by atoms with Crippen molar-refractivity contribution in [1.82, 2.24) is 10.7 Å². The molecule has 0 saturated carbocycles. The number of nitrogens with zero attached hydrogens (tertiary/aromatic N) is 1. The maximum absolute atomic E-state index is 12.0. The third-order valence-corrected chi connectivity index (χ3v) is 4.50. The molecule has 0 aliphatic heterocycles. The molecule has 2 N–H and O–H groups in total. The van der Waals surface area contributed by atoms with E-state index in [1.54, 1.807) is 18.2 Å². The van der Waals surface area contributed by atoms with E-state index in [0.717, 1.165) is 22.4 Å². The molecule has 6 heteroatoms. The van der Waals surface area contributed by atoms with Crippen LogP contribution in [-0.4, -0.2) is 24.6 Å². The van der Waals surface area contributed by atoms with E-state index < -0.39 is 5.91 Å². The Labute approximate surface area is 182 Å². The van der Waals surface area contributed by atoms with E-state index in [4.69, 9.17) is 4.74 Å². The van der Waals surface area contributed by atoms with Crippen LogP contribution < -0.4 is 15.5 Å². The van der Waals surface area contributed by atoms with E-state index >= 15 is 0 Å². The Hall–Kier alpha value is -3.93. The van der Waals surface area contributed by atoms with Gasteiger partial charge in [-0.25, -0.2) is 5.43 Å². The Morgan fingerprint density at radius 2 is 1.68 bits per heavy atom. The fraction of sp³-hybridized carbons (Fsp3) is 0.160. The van der Waals surface area contributed by atoms with Gasteiger partial charge in [-0.05, 0) is 61.4 Å². The van der Waals surface area contributed by atoms with Crippen LogP contribution in [0.2, 0.25) is 0 Å². The van der Waals surface area contributed by atoms with Crippen LogP contribution in [0, 0.1) is 13.8 Å². The molecular weight excluding hydrogens is 390 g/mol. The summed E-state index contributed by atoms with van der Waals surface area (Å²) in [5, 5.41) is 6.49. The van der Waals surface area contributed by atoms with E-state index in [9.17, 15) is 9.59 Å². The topological polar surface area (TPSA) is 79.8 Å². The SMILES string of the molecule is Cc1ccc(COc2ccc(/C=N/NC(=O)CNC(=O)c3cccc(C)c3)cc2)cc1. The van der Waals surface area contributed by atoms with Crippen LogP contribution in [0.3, 0.4) is 0 Å². The number of hydrazone groups is 1. The molecule has 0 saturated heterocycles. The van der Waals surface area contributed by atoms with Gasteiger partial charge in [-0.15, -0.1) is 0 Å². The van der Waals surface area contributed by atoms with Gasteiger partial charge in [0.15, 0.2) is 0 Å². The molecule has 0 aliphatic carbocycles. The molecule has 0 atom stereocenters. The van der Waals surface area contributed by atoms with Gasteiger partial charge in [0, 0.05) is 5.56 Å². The standard InChI is InChI=1S/C25H25N3O3/c1-18-6-8-21(9-7-18)17-31-23-12-10-20(11-13-23)15-27-28-24(29)16-26-25(30)22-5-3-4-19(2)14-22/h3-15H,16-17H2,1-2H3,(H,26,30)(H,28,29)/b27-15+. The van der Waals surface area contributed by atoms with E-state index in [1.165, 1.54) is 11.8 Å². The molecule has 0 spiro atoms. The predicted octanol–water partition coefficient (Wildman–Crippen LogP) is 3.76. The molecule has 6 nitrogen and oxygen atoms in total. The van der Waals surface area contributed by atoms with Gasteiger partial charge in [0.25, 0.3) is 11.8 Å². The maximum Gasteiger partial charge on any atom is 0.259 e. The summed E-state index contributed by atoms with van der Waals surface area (Å²) < 4.78 is 5.77. The van der Waals surface area contributed by atoms with Crippen molar-refractivity contribution in [3.05, 3.63) is 101 Å². The zero-order valence-corrected chi connectivity index (χ0v) is 17.6. The van der Waals surface area contributed by atoms with E-state index in [-0.39, 0.29) is 12.5 Å². The lowest BCUT2D eigenvalue weighted by atomic mass is 10.1. The van der Waals surface area contributed by atoms with Crippen LogP contribution in [0.5, 0.6) is 5.75 Å². The number of hydrogen-bond donors (Lipinski definition) is 2. The molecule has 31 heavy (non-hydrogen) atoms. The Morgan fingerprint density at radius 1 is 0.935 bits per heavy atom. The van der Waals surface area contributed by atoms with Gasteiger partial charge in [-0.2, -0.15) is 5.10 Å². The fourth-order valence-electron chi connectivity index (χ4n) is 2.77. The predicted molar refractivity (Wildman–Crippen MR) is 121 cm³/mol. The summed E-state index contributed by atoms with van der Waals surface area (Å²) in [4.78, 5) is 23.9. The first-order valence-corrected chi connectivity index (χ1v) is 9.95. The van der Waals surface area contributed by atoms with Crippen molar-refractivity contribution in [1.29, 1.82) is 0 Å². The van der Waals surface area contributed by atoms with E-state index in [0.29, 0.717) is 12.2 Å². The number of carbonyl (C=O) groups is 2. The molecule has 0 unspecified atom stereocenters. The second-order valence-electron chi connectivity index (χ2n) is 7.19. The summed E-state index contributed by atoms with van der Waals surface area (Å²) >= 11 is 0. The van der Waals surface area contributed by atoms with Crippen molar-refractivity contribution >= 4 is 18.0 Å². The Bertz CT molecular complexity index is 1060. The normalized spacial score (nSPS) is 10.6. The quantitative estimate of drug-likeness (QED) is 0.434. The Kier molecular flexibility index (Phi) is 7.54. The number of ether oxygens (including phenoxy) is 1. The number of benzene rings is 3. The van der Waals surface area contributed by atoms with Crippen LogP contribution in [0.4, 0.5) is 0 Å². The minimum absolute atomic E-state index is 0.157. The summed E-state index contributed by atoms with van der Waals surface area (Å²) in [6.07, 6.45) is 1.53. The first kappa shape index (κ1) is 21.8. The molecule has 0 aliphatic rings. The minimum atomic E-state index is -0.407. The number of hydrogen-bond acceptors (Lipinski definition) is 4. The number of amides is 2. The summed E-state index contributed by atoms with van der Waals surface area (Å²) in [6.45, 7) is 4.30. The van der Waals surface area contributed by atoms with Crippen molar-refractivity contribution in [2.24, 2.45) is 5.10 Å². The zero-order valence-electron chi connectivity index (χ0n) is 17.6. The zero-order chi connectivity index (χ0) is 22.1. The van der Waals surface area contributed by atoms with Gasteiger partial charge in [0.1, 0.15) is 12.4 Å². The fourth-order valence-corrected chi connectivity index (χ4v) is 2.77. The highest BCUT2D eigenvalue weighted by atomic mass is 16.5. The molecule has 158 valence electrons. The molecule has 3 aromatic carbocycles. The van der Waals surface area contributed by atoms with Gasteiger partial charge in [-0.1, -0.05) is 47.5 Å². The maximum atomic E-state index is 12.0. The number of nitrogens with one attached hydrogen (secondary N) is 2. The lowest BCUT2D eigenvalue weighted by molar-refractivity contribution is -0.120. The van der Waals surface area contributed by atoms with E-state index in [2.05, 4.69) is 34.9 Å². The van der Waals surface area contributed by atoms with E-state index in [1.807, 2.05) is 49.4 Å². The van der Waals surface area contributed by atoms with Crippen LogP contribution in [0.15, 0.2) is 77.9 Å². The second kappa shape index (κ2) is 10.7. The lowest BCUT2D eigenvalue weighted by Gasteiger charge is -2.07. The molecule has 0 heterocycles. The molecule has 0 radical (unpaired) electrons.